The molecule has 0 aliphatic heterocycles. The van der Waals surface area contributed by atoms with E-state index in [0.29, 0.717) is 24.5 Å². The maximum atomic E-state index is 11.9. The third kappa shape index (κ3) is 8.38. The quantitative estimate of drug-likeness (QED) is 0.501. The molecule has 0 heterocycles. The van der Waals surface area contributed by atoms with E-state index in [0.717, 1.165) is 17.5 Å². The van der Waals surface area contributed by atoms with E-state index in [1.54, 1.807) is 24.3 Å². The molecule has 2 aromatic rings. The number of carboxylic acids is 1. The summed E-state index contributed by atoms with van der Waals surface area (Å²) in [6, 6.07) is 15.1. The van der Waals surface area contributed by atoms with Crippen molar-refractivity contribution in [2.24, 2.45) is 5.73 Å². The van der Waals surface area contributed by atoms with Gasteiger partial charge in [0.15, 0.2) is 0 Å². The van der Waals surface area contributed by atoms with E-state index in [1.165, 1.54) is 0 Å². The molecule has 1 atom stereocenters. The van der Waals surface area contributed by atoms with E-state index in [9.17, 15) is 14.7 Å². The summed E-state index contributed by atoms with van der Waals surface area (Å²) >= 11 is 0. The van der Waals surface area contributed by atoms with Gasteiger partial charge in [-0.2, -0.15) is 0 Å². The van der Waals surface area contributed by atoms with Gasteiger partial charge in [0, 0.05) is 12.1 Å². The Hall–Kier alpha value is -3.48. The first kappa shape index (κ1) is 21.8. The minimum absolute atomic E-state index is 0.0720. The molecule has 7 nitrogen and oxygen atoms in total. The molecule has 0 unspecified atom stereocenters. The number of rotatable bonds is 11. The van der Waals surface area contributed by atoms with Gasteiger partial charge >= 0.3 is 12.1 Å². The first-order valence-electron chi connectivity index (χ1n) is 9.29. The van der Waals surface area contributed by atoms with Crippen LogP contribution in [0.2, 0.25) is 0 Å². The highest BCUT2D eigenvalue weighted by Gasteiger charge is 2.21. The Morgan fingerprint density at radius 1 is 1.07 bits per heavy atom. The minimum Gasteiger partial charge on any atom is -0.494 e. The summed E-state index contributed by atoms with van der Waals surface area (Å²) in [5, 5.41) is 11.8. The van der Waals surface area contributed by atoms with Crippen LogP contribution in [0.4, 0.5) is 4.79 Å². The summed E-state index contributed by atoms with van der Waals surface area (Å²) in [5.74, 6) is -0.456. The predicted molar refractivity (Wildman–Crippen MR) is 109 cm³/mol. The van der Waals surface area contributed by atoms with Crippen LogP contribution >= 0.6 is 0 Å². The van der Waals surface area contributed by atoms with Gasteiger partial charge in [-0.15, -0.1) is 0 Å². The SMILES string of the molecule is C=C(N)CCCOc1ccc(C[C@H](NC(=O)OCc2ccccc2)C(=O)O)cc1. The molecule has 0 radical (unpaired) electrons. The minimum atomic E-state index is -1.14. The summed E-state index contributed by atoms with van der Waals surface area (Å²) in [6.07, 6.45) is 0.823. The van der Waals surface area contributed by atoms with Gasteiger partial charge in [-0.1, -0.05) is 49.0 Å². The average molecular weight is 398 g/mol. The first-order valence-corrected chi connectivity index (χ1v) is 9.29. The van der Waals surface area contributed by atoms with Crippen LogP contribution in [0.3, 0.4) is 0 Å². The fourth-order valence-corrected chi connectivity index (χ4v) is 2.55. The van der Waals surface area contributed by atoms with Crippen molar-refractivity contribution in [3.8, 4) is 5.75 Å². The number of carbonyl (C=O) groups excluding carboxylic acids is 1. The number of allylic oxidation sites excluding steroid dienone is 1. The lowest BCUT2D eigenvalue weighted by Gasteiger charge is -2.15. The maximum absolute atomic E-state index is 11.9. The number of hydrogen-bond acceptors (Lipinski definition) is 5. The molecule has 7 heteroatoms. The molecule has 4 N–H and O–H groups in total. The van der Waals surface area contributed by atoms with Crippen molar-refractivity contribution in [3.63, 3.8) is 0 Å². The van der Waals surface area contributed by atoms with Crippen molar-refractivity contribution in [2.75, 3.05) is 6.61 Å². The molecule has 154 valence electrons. The molecule has 29 heavy (non-hydrogen) atoms. The highest BCUT2D eigenvalue weighted by molar-refractivity contribution is 5.80. The van der Waals surface area contributed by atoms with Crippen molar-refractivity contribution in [2.45, 2.75) is 31.9 Å². The smallest absolute Gasteiger partial charge is 0.408 e. The Morgan fingerprint density at radius 3 is 2.38 bits per heavy atom. The number of hydrogen-bond donors (Lipinski definition) is 3. The number of nitrogens with two attached hydrogens (primary N) is 1. The van der Waals surface area contributed by atoms with Gasteiger partial charge in [-0.25, -0.2) is 9.59 Å². The monoisotopic (exact) mass is 398 g/mol. The van der Waals surface area contributed by atoms with Gasteiger partial charge in [0.1, 0.15) is 18.4 Å². The maximum Gasteiger partial charge on any atom is 0.408 e. The number of benzene rings is 2. The lowest BCUT2D eigenvalue weighted by molar-refractivity contribution is -0.139. The Kier molecular flexibility index (Phi) is 8.56. The lowest BCUT2D eigenvalue weighted by atomic mass is 10.1. The largest absolute Gasteiger partial charge is 0.494 e. The fraction of sp³-hybridized carbons (Fsp3) is 0.273. The van der Waals surface area contributed by atoms with Crippen molar-refractivity contribution in [1.29, 1.82) is 0 Å². The van der Waals surface area contributed by atoms with Crippen molar-refractivity contribution in [3.05, 3.63) is 78.0 Å². The number of alkyl carbamates (subject to hydrolysis) is 1. The number of carboxylic acid groups (broad SMARTS) is 1. The second-order valence-electron chi connectivity index (χ2n) is 6.56. The molecule has 0 aromatic heterocycles. The third-order valence-corrected chi connectivity index (χ3v) is 4.08. The number of aliphatic carboxylic acids is 1. The first-order chi connectivity index (χ1) is 13.9. The van der Waals surface area contributed by atoms with E-state index < -0.39 is 18.1 Å². The van der Waals surface area contributed by atoms with Gasteiger partial charge in [0.2, 0.25) is 0 Å². The Morgan fingerprint density at radius 2 is 1.76 bits per heavy atom. The molecule has 2 aromatic carbocycles. The van der Waals surface area contributed by atoms with E-state index in [-0.39, 0.29) is 13.0 Å². The predicted octanol–water partition coefficient (Wildman–Crippen LogP) is 3.24. The summed E-state index contributed by atoms with van der Waals surface area (Å²) < 4.78 is 10.7. The second-order valence-corrected chi connectivity index (χ2v) is 6.56. The zero-order valence-electron chi connectivity index (χ0n) is 16.2. The van der Waals surface area contributed by atoms with E-state index in [4.69, 9.17) is 15.2 Å². The van der Waals surface area contributed by atoms with Gasteiger partial charge in [0.25, 0.3) is 0 Å². The van der Waals surface area contributed by atoms with Crippen LogP contribution in [0.5, 0.6) is 5.75 Å². The number of amides is 1. The summed E-state index contributed by atoms with van der Waals surface area (Å²) in [6.45, 7) is 4.22. The van der Waals surface area contributed by atoms with Crippen LogP contribution in [0.25, 0.3) is 0 Å². The normalized spacial score (nSPS) is 11.3. The van der Waals surface area contributed by atoms with Crippen molar-refractivity contribution in [1.82, 2.24) is 5.32 Å². The highest BCUT2D eigenvalue weighted by atomic mass is 16.5. The molecule has 0 aliphatic rings. The molecule has 0 saturated heterocycles. The van der Waals surface area contributed by atoms with E-state index >= 15 is 0 Å². The molecule has 0 saturated carbocycles. The van der Waals surface area contributed by atoms with Gasteiger partial charge in [-0.05, 0) is 36.1 Å². The summed E-state index contributed by atoms with van der Waals surface area (Å²) in [5.41, 5.74) is 7.71. The van der Waals surface area contributed by atoms with Crippen LogP contribution in [0, 0.1) is 0 Å². The lowest BCUT2D eigenvalue weighted by Crippen LogP contribution is -2.42. The summed E-state index contributed by atoms with van der Waals surface area (Å²) in [4.78, 5) is 23.4. The van der Waals surface area contributed by atoms with Crippen molar-refractivity contribution >= 4 is 12.1 Å². The summed E-state index contributed by atoms with van der Waals surface area (Å²) in [7, 11) is 0. The molecule has 1 amide bonds. The zero-order chi connectivity index (χ0) is 21.1. The molecule has 0 spiro atoms. The second kappa shape index (κ2) is 11.4. The molecule has 0 fully saturated rings. The molecule has 0 bridgehead atoms. The zero-order valence-corrected chi connectivity index (χ0v) is 16.2. The number of carbonyl (C=O) groups is 2. The molecule has 0 aliphatic carbocycles. The highest BCUT2D eigenvalue weighted by Crippen LogP contribution is 2.14. The standard InChI is InChI=1S/C22H26N2O5/c1-16(23)6-5-13-28-19-11-9-17(10-12-19)14-20(21(25)26)24-22(27)29-15-18-7-3-2-4-8-18/h2-4,7-12,20H,1,5-6,13-15,23H2,(H,24,27)(H,25,26)/t20-/m0/s1. The van der Waals surface area contributed by atoms with Crippen LogP contribution in [0.15, 0.2) is 66.9 Å². The Bertz CT molecular complexity index is 806. The van der Waals surface area contributed by atoms with Crippen LogP contribution in [-0.4, -0.2) is 29.8 Å². The van der Waals surface area contributed by atoms with E-state index in [2.05, 4.69) is 11.9 Å². The molecular weight excluding hydrogens is 372 g/mol. The average Bonchev–Trinajstić information content (AvgIpc) is 2.71. The van der Waals surface area contributed by atoms with Gasteiger partial charge in [-0.3, -0.25) is 0 Å². The Labute approximate surface area is 170 Å². The topological polar surface area (TPSA) is 111 Å². The fourth-order valence-electron chi connectivity index (χ4n) is 2.55. The number of nitrogens with one attached hydrogen (secondary N) is 1. The van der Waals surface area contributed by atoms with Gasteiger partial charge in [0.05, 0.1) is 6.61 Å². The Balaban J connectivity index is 1.82. The molecular formula is C22H26N2O5. The van der Waals surface area contributed by atoms with Crippen LogP contribution in [0.1, 0.15) is 24.0 Å². The van der Waals surface area contributed by atoms with Crippen LogP contribution < -0.4 is 15.8 Å². The van der Waals surface area contributed by atoms with Crippen LogP contribution in [-0.2, 0) is 22.6 Å². The van der Waals surface area contributed by atoms with Crippen molar-refractivity contribution < 1.29 is 24.2 Å². The number of ether oxygens (including phenoxy) is 2. The molecule has 2 rings (SSSR count). The third-order valence-electron chi connectivity index (χ3n) is 4.08. The van der Waals surface area contributed by atoms with E-state index in [1.807, 2.05) is 30.3 Å². The van der Waals surface area contributed by atoms with Gasteiger partial charge < -0.3 is 25.6 Å².